The second kappa shape index (κ2) is 15.9. The Labute approximate surface area is 290 Å². The molecule has 0 aliphatic carbocycles. The van der Waals surface area contributed by atoms with E-state index in [0.717, 1.165) is 16.7 Å². The van der Waals surface area contributed by atoms with Gasteiger partial charge < -0.3 is 23.7 Å². The zero-order chi connectivity index (χ0) is 35.1. The second-order valence-electron chi connectivity index (χ2n) is 11.6. The van der Waals surface area contributed by atoms with Gasteiger partial charge >= 0.3 is 5.97 Å². The third kappa shape index (κ3) is 7.81. The van der Waals surface area contributed by atoms with E-state index in [2.05, 4.69) is 6.58 Å². The molecule has 5 rings (SSSR count). The Balaban J connectivity index is 1.65. The number of aromatic nitrogens is 1. The van der Waals surface area contributed by atoms with Crippen LogP contribution >= 0.6 is 11.3 Å². The summed E-state index contributed by atoms with van der Waals surface area (Å²) in [5.74, 6) is 1.72. The van der Waals surface area contributed by atoms with Gasteiger partial charge in [-0.1, -0.05) is 53.8 Å². The number of esters is 1. The lowest BCUT2D eigenvalue weighted by Gasteiger charge is -2.25. The Morgan fingerprint density at radius 1 is 1.02 bits per heavy atom. The fourth-order valence-corrected chi connectivity index (χ4v) is 6.74. The van der Waals surface area contributed by atoms with Gasteiger partial charge in [0, 0.05) is 5.56 Å². The molecular weight excluding hydrogens is 641 g/mol. The molecule has 0 unspecified atom stereocenters. The van der Waals surface area contributed by atoms with E-state index >= 15 is 0 Å². The average molecular weight is 683 g/mol. The quantitative estimate of drug-likeness (QED) is 0.114. The summed E-state index contributed by atoms with van der Waals surface area (Å²) in [5.41, 5.74) is 3.79. The summed E-state index contributed by atoms with van der Waals surface area (Å²) < 4.78 is 31.4. The summed E-state index contributed by atoms with van der Waals surface area (Å²) >= 11 is 1.25. The molecule has 256 valence electrons. The molecule has 1 aromatic heterocycles. The van der Waals surface area contributed by atoms with Gasteiger partial charge in [0.1, 0.15) is 6.61 Å². The number of hydrogen-bond acceptors (Lipinski definition) is 9. The van der Waals surface area contributed by atoms with Gasteiger partial charge in [-0.25, -0.2) is 9.79 Å². The summed E-state index contributed by atoms with van der Waals surface area (Å²) in [6.07, 6.45) is 4.09. The standard InChI is InChI=1S/C39H42N2O7S/c1-8-14-29-19-27(20-32(45-9-2)36(29)47-23-26-15-12-11-13-16-26)21-33-37(42)41-35(28-17-18-30(48-24(4)5)31(22-28)44-7)34(38(43)46-10-3)25(6)40-39(41)49-33/h8,11-13,15-22,24,35H,1,9-10,14,23H2,2-7H3/b33-21-/t35-/m0/s1. The number of hydrogen-bond donors (Lipinski definition) is 0. The van der Waals surface area contributed by atoms with Gasteiger partial charge in [-0.05, 0) is 88.1 Å². The molecule has 0 spiro atoms. The summed E-state index contributed by atoms with van der Waals surface area (Å²) in [4.78, 5) is 32.9. The van der Waals surface area contributed by atoms with Crippen molar-refractivity contribution in [2.24, 2.45) is 4.99 Å². The Morgan fingerprint density at radius 2 is 1.80 bits per heavy atom. The van der Waals surface area contributed by atoms with E-state index in [1.54, 1.807) is 37.7 Å². The Hall–Kier alpha value is -5.09. The lowest BCUT2D eigenvalue weighted by atomic mass is 9.95. The van der Waals surface area contributed by atoms with E-state index < -0.39 is 12.0 Å². The van der Waals surface area contributed by atoms with Crippen LogP contribution in [-0.4, -0.2) is 37.0 Å². The van der Waals surface area contributed by atoms with Crippen molar-refractivity contribution in [1.29, 1.82) is 0 Å². The smallest absolute Gasteiger partial charge is 0.338 e. The van der Waals surface area contributed by atoms with Gasteiger partial charge in [0.25, 0.3) is 5.56 Å². The number of methoxy groups -OCH3 is 1. The molecule has 9 nitrogen and oxygen atoms in total. The van der Waals surface area contributed by atoms with Crippen LogP contribution in [0.2, 0.25) is 0 Å². The van der Waals surface area contributed by atoms with Crippen molar-refractivity contribution in [1.82, 2.24) is 4.57 Å². The molecule has 2 heterocycles. The molecule has 1 aliphatic rings. The van der Waals surface area contributed by atoms with E-state index in [1.807, 2.05) is 81.5 Å². The third-order valence-corrected chi connectivity index (χ3v) is 8.71. The fraction of sp³-hybridized carbons (Fsp3) is 0.308. The highest BCUT2D eigenvalue weighted by Crippen LogP contribution is 2.37. The van der Waals surface area contributed by atoms with Crippen molar-refractivity contribution in [2.75, 3.05) is 20.3 Å². The number of fused-ring (bicyclic) bond motifs is 1. The summed E-state index contributed by atoms with van der Waals surface area (Å²) in [5, 5.41) is 0. The summed E-state index contributed by atoms with van der Waals surface area (Å²) in [6, 6.07) is 18.4. The lowest BCUT2D eigenvalue weighted by Crippen LogP contribution is -2.40. The maximum atomic E-state index is 14.3. The molecule has 4 aromatic rings. The number of benzene rings is 3. The van der Waals surface area contributed by atoms with E-state index in [4.69, 9.17) is 28.7 Å². The number of rotatable bonds is 14. The molecule has 0 saturated heterocycles. The first-order chi connectivity index (χ1) is 23.7. The third-order valence-electron chi connectivity index (χ3n) is 7.73. The van der Waals surface area contributed by atoms with Gasteiger partial charge in [-0.2, -0.15) is 0 Å². The number of carbonyl (C=O) groups excluding carboxylic acids is 1. The SMILES string of the molecule is C=CCc1cc(/C=c2\sc3n(c2=O)[C@@H](c2ccc(OC(C)C)c(OC)c2)C(C(=O)OCC)=C(C)N=3)cc(OCC)c1OCc1ccccc1. The van der Waals surface area contributed by atoms with Crippen LogP contribution < -0.4 is 33.8 Å². The van der Waals surface area contributed by atoms with E-state index in [-0.39, 0.29) is 23.8 Å². The van der Waals surface area contributed by atoms with Crippen LogP contribution in [0.25, 0.3) is 6.08 Å². The zero-order valence-electron chi connectivity index (χ0n) is 28.8. The van der Waals surface area contributed by atoms with Crippen LogP contribution in [0, 0.1) is 0 Å². The molecule has 0 N–H and O–H groups in total. The predicted molar refractivity (Wildman–Crippen MR) is 191 cm³/mol. The molecular formula is C39H42N2O7S. The van der Waals surface area contributed by atoms with Crippen molar-refractivity contribution in [3.63, 3.8) is 0 Å². The van der Waals surface area contributed by atoms with Crippen molar-refractivity contribution >= 4 is 23.4 Å². The molecule has 1 atom stereocenters. The molecule has 0 saturated carbocycles. The Bertz CT molecular complexity index is 2040. The van der Waals surface area contributed by atoms with Crippen LogP contribution in [0.3, 0.4) is 0 Å². The van der Waals surface area contributed by atoms with Crippen molar-refractivity contribution in [3.05, 3.63) is 127 Å². The first-order valence-electron chi connectivity index (χ1n) is 16.3. The zero-order valence-corrected chi connectivity index (χ0v) is 29.6. The van der Waals surface area contributed by atoms with Crippen LogP contribution in [0.5, 0.6) is 23.0 Å². The van der Waals surface area contributed by atoms with Crippen molar-refractivity contribution < 1.29 is 28.5 Å². The lowest BCUT2D eigenvalue weighted by molar-refractivity contribution is -0.139. The van der Waals surface area contributed by atoms with Gasteiger partial charge in [-0.15, -0.1) is 6.58 Å². The van der Waals surface area contributed by atoms with E-state index in [0.29, 0.717) is 63.2 Å². The first-order valence-corrected chi connectivity index (χ1v) is 17.1. The van der Waals surface area contributed by atoms with Crippen LogP contribution in [0.4, 0.5) is 0 Å². The highest BCUT2D eigenvalue weighted by atomic mass is 32.1. The van der Waals surface area contributed by atoms with Gasteiger partial charge in [-0.3, -0.25) is 9.36 Å². The summed E-state index contributed by atoms with van der Waals surface area (Å²) in [7, 11) is 1.56. The fourth-order valence-electron chi connectivity index (χ4n) is 5.69. The molecule has 49 heavy (non-hydrogen) atoms. The molecule has 10 heteroatoms. The topological polar surface area (TPSA) is 97.6 Å². The monoisotopic (exact) mass is 682 g/mol. The van der Waals surface area contributed by atoms with Gasteiger partial charge in [0.2, 0.25) is 0 Å². The van der Waals surface area contributed by atoms with Crippen LogP contribution in [-0.2, 0) is 22.6 Å². The minimum absolute atomic E-state index is 0.0746. The van der Waals surface area contributed by atoms with Crippen molar-refractivity contribution in [3.8, 4) is 23.0 Å². The van der Waals surface area contributed by atoms with Gasteiger partial charge in [0.15, 0.2) is 27.8 Å². The minimum atomic E-state index is -0.802. The number of carbonyl (C=O) groups is 1. The first kappa shape index (κ1) is 35.2. The average Bonchev–Trinajstić information content (AvgIpc) is 3.38. The number of ether oxygens (including phenoxy) is 5. The van der Waals surface area contributed by atoms with E-state index in [9.17, 15) is 9.59 Å². The van der Waals surface area contributed by atoms with Crippen LogP contribution in [0.1, 0.15) is 62.9 Å². The van der Waals surface area contributed by atoms with Crippen molar-refractivity contribution in [2.45, 2.75) is 59.8 Å². The molecule has 0 fully saturated rings. The van der Waals surface area contributed by atoms with Crippen LogP contribution in [0.15, 0.2) is 94.4 Å². The highest BCUT2D eigenvalue weighted by molar-refractivity contribution is 7.07. The maximum Gasteiger partial charge on any atom is 0.338 e. The van der Waals surface area contributed by atoms with Gasteiger partial charge in [0.05, 0.1) is 48.3 Å². The predicted octanol–water partition coefficient (Wildman–Crippen LogP) is 6.30. The maximum absolute atomic E-state index is 14.3. The number of nitrogens with zero attached hydrogens (tertiary/aromatic N) is 2. The molecule has 0 radical (unpaired) electrons. The minimum Gasteiger partial charge on any atom is -0.493 e. The molecule has 0 amide bonds. The number of thiazole rings is 1. The highest BCUT2D eigenvalue weighted by Gasteiger charge is 2.34. The second-order valence-corrected chi connectivity index (χ2v) is 12.6. The Kier molecular flexibility index (Phi) is 11.4. The summed E-state index contributed by atoms with van der Waals surface area (Å²) in [6.45, 7) is 14.2. The largest absolute Gasteiger partial charge is 0.493 e. The Morgan fingerprint density at radius 3 is 2.47 bits per heavy atom. The normalized spacial score (nSPS) is 14.3. The molecule has 3 aromatic carbocycles. The molecule has 0 bridgehead atoms. The molecule has 1 aliphatic heterocycles. The van der Waals surface area contributed by atoms with E-state index in [1.165, 1.54) is 11.3 Å². The number of allylic oxidation sites excluding steroid dienone is 2.